The van der Waals surface area contributed by atoms with Gasteiger partial charge in [0.1, 0.15) is 12.4 Å². The summed E-state index contributed by atoms with van der Waals surface area (Å²) in [5, 5.41) is 10.2. The molecule has 5 heteroatoms. The fraction of sp³-hybridized carbons (Fsp3) is 0.316. The Morgan fingerprint density at radius 1 is 1.08 bits per heavy atom. The summed E-state index contributed by atoms with van der Waals surface area (Å²) in [6.45, 7) is 4.22. The quantitative estimate of drug-likeness (QED) is 0.510. The van der Waals surface area contributed by atoms with Gasteiger partial charge in [-0.15, -0.1) is 0 Å². The normalized spacial score (nSPS) is 12.6. The molecule has 24 heavy (non-hydrogen) atoms. The van der Waals surface area contributed by atoms with E-state index in [0.717, 1.165) is 22.4 Å². The van der Waals surface area contributed by atoms with Crippen molar-refractivity contribution in [2.24, 2.45) is 0 Å². The molecule has 3 rings (SSSR count). The van der Waals surface area contributed by atoms with Gasteiger partial charge in [0, 0.05) is 18.7 Å². The molecule has 0 aliphatic carbocycles. The van der Waals surface area contributed by atoms with Crippen LogP contribution in [-0.4, -0.2) is 27.9 Å². The fourth-order valence-electron chi connectivity index (χ4n) is 2.65. The third-order valence-electron chi connectivity index (χ3n) is 3.85. The van der Waals surface area contributed by atoms with Crippen molar-refractivity contribution in [1.82, 2.24) is 9.55 Å². The van der Waals surface area contributed by atoms with E-state index < -0.39 is 6.29 Å². The largest absolute Gasteiger partial charge is 0.380 e. The minimum atomic E-state index is -0.966. The summed E-state index contributed by atoms with van der Waals surface area (Å²) in [7, 11) is 0. The Morgan fingerprint density at radius 2 is 1.83 bits per heavy atom. The number of aliphatic hydroxyl groups excluding tert-OH is 1. The maximum atomic E-state index is 10.2. The van der Waals surface area contributed by atoms with Crippen molar-refractivity contribution in [2.75, 3.05) is 13.2 Å². The van der Waals surface area contributed by atoms with E-state index >= 15 is 0 Å². The van der Waals surface area contributed by atoms with Gasteiger partial charge in [-0.2, -0.15) is 0 Å². The van der Waals surface area contributed by atoms with Gasteiger partial charge in [0.05, 0.1) is 17.6 Å². The summed E-state index contributed by atoms with van der Waals surface area (Å²) < 4.78 is 13.2. The first-order valence-electron chi connectivity index (χ1n) is 8.16. The summed E-state index contributed by atoms with van der Waals surface area (Å²) in [5.41, 5.74) is 2.70. The maximum absolute atomic E-state index is 10.2. The number of nitrogens with zero attached hydrogens (tertiary/aromatic N) is 2. The van der Waals surface area contributed by atoms with Crippen molar-refractivity contribution in [3.05, 3.63) is 66.0 Å². The van der Waals surface area contributed by atoms with Gasteiger partial charge in [0.25, 0.3) is 0 Å². The average molecular weight is 326 g/mol. The van der Waals surface area contributed by atoms with Crippen molar-refractivity contribution in [1.29, 1.82) is 0 Å². The van der Waals surface area contributed by atoms with E-state index in [2.05, 4.69) is 9.55 Å². The van der Waals surface area contributed by atoms with Crippen LogP contribution in [0.25, 0.3) is 11.0 Å². The molecule has 1 unspecified atom stereocenters. The molecule has 0 amide bonds. The molecular formula is C19H22N2O3. The highest BCUT2D eigenvalue weighted by Crippen LogP contribution is 2.20. The molecule has 1 N–H and O–H groups in total. The van der Waals surface area contributed by atoms with Gasteiger partial charge in [-0.25, -0.2) is 4.98 Å². The van der Waals surface area contributed by atoms with E-state index in [9.17, 15) is 5.11 Å². The molecular weight excluding hydrogens is 304 g/mol. The number of hydrogen-bond acceptors (Lipinski definition) is 4. The number of benzene rings is 2. The number of ether oxygens (including phenoxy) is 2. The van der Waals surface area contributed by atoms with Crippen LogP contribution in [-0.2, 0) is 22.6 Å². The topological polar surface area (TPSA) is 56.5 Å². The molecule has 5 nitrogen and oxygen atoms in total. The van der Waals surface area contributed by atoms with Crippen molar-refractivity contribution in [3.8, 4) is 0 Å². The summed E-state index contributed by atoms with van der Waals surface area (Å²) >= 11 is 0. The molecule has 1 atom stereocenters. The van der Waals surface area contributed by atoms with E-state index in [4.69, 9.17) is 9.47 Å². The fourth-order valence-corrected chi connectivity index (χ4v) is 2.65. The smallest absolute Gasteiger partial charge is 0.181 e. The van der Waals surface area contributed by atoms with E-state index in [1.807, 2.05) is 61.5 Å². The van der Waals surface area contributed by atoms with Gasteiger partial charge in [0.2, 0.25) is 0 Å². The second-order valence-corrected chi connectivity index (χ2v) is 5.44. The lowest BCUT2D eigenvalue weighted by Crippen LogP contribution is -2.12. The highest BCUT2D eigenvalue weighted by Gasteiger charge is 2.13. The van der Waals surface area contributed by atoms with Crippen LogP contribution in [0.1, 0.15) is 24.6 Å². The van der Waals surface area contributed by atoms with E-state index in [1.54, 1.807) is 0 Å². The lowest BCUT2D eigenvalue weighted by molar-refractivity contribution is -0.114. The second-order valence-electron chi connectivity index (χ2n) is 5.44. The van der Waals surface area contributed by atoms with Crippen molar-refractivity contribution < 1.29 is 14.6 Å². The number of hydrogen-bond donors (Lipinski definition) is 1. The van der Waals surface area contributed by atoms with Crippen LogP contribution in [0.2, 0.25) is 0 Å². The first-order chi connectivity index (χ1) is 11.8. The molecule has 0 bridgehead atoms. The Kier molecular flexibility index (Phi) is 5.59. The third kappa shape index (κ3) is 3.82. The number of fused-ring (bicyclic) bond motifs is 1. The molecule has 0 aliphatic heterocycles. The van der Waals surface area contributed by atoms with Crippen LogP contribution in [0, 0.1) is 0 Å². The van der Waals surface area contributed by atoms with Crippen molar-refractivity contribution in [2.45, 2.75) is 26.4 Å². The number of aliphatic hydroxyl groups is 1. The van der Waals surface area contributed by atoms with Gasteiger partial charge in [-0.3, -0.25) is 0 Å². The molecule has 3 aromatic rings. The molecule has 1 heterocycles. The summed E-state index contributed by atoms with van der Waals surface area (Å²) in [4.78, 5) is 4.63. The zero-order chi connectivity index (χ0) is 16.8. The van der Waals surface area contributed by atoms with E-state index in [0.29, 0.717) is 19.8 Å². The minimum Gasteiger partial charge on any atom is -0.380 e. The maximum Gasteiger partial charge on any atom is 0.181 e. The standard InChI is InChI=1S/C19H22N2O3/c1-2-23-13-12-21-17-11-7-6-10-16(17)20-18(21)14-24-19(22)15-8-4-3-5-9-15/h3-11,19,22H,2,12-14H2,1H3. The number of rotatable bonds is 8. The zero-order valence-corrected chi connectivity index (χ0v) is 13.8. The van der Waals surface area contributed by atoms with Crippen LogP contribution < -0.4 is 0 Å². The van der Waals surface area contributed by atoms with Crippen LogP contribution >= 0.6 is 0 Å². The van der Waals surface area contributed by atoms with Crippen molar-refractivity contribution in [3.63, 3.8) is 0 Å². The monoisotopic (exact) mass is 326 g/mol. The molecule has 0 saturated heterocycles. The lowest BCUT2D eigenvalue weighted by atomic mass is 10.2. The molecule has 2 aromatic carbocycles. The molecule has 0 spiro atoms. The van der Waals surface area contributed by atoms with Crippen molar-refractivity contribution >= 4 is 11.0 Å². The molecule has 0 aliphatic rings. The molecule has 0 radical (unpaired) electrons. The molecule has 0 saturated carbocycles. The van der Waals surface area contributed by atoms with Gasteiger partial charge in [0.15, 0.2) is 6.29 Å². The average Bonchev–Trinajstić information content (AvgIpc) is 2.98. The molecule has 126 valence electrons. The lowest BCUT2D eigenvalue weighted by Gasteiger charge is -2.13. The Morgan fingerprint density at radius 3 is 2.62 bits per heavy atom. The predicted octanol–water partition coefficient (Wildman–Crippen LogP) is 3.28. The molecule has 1 aromatic heterocycles. The summed E-state index contributed by atoms with van der Waals surface area (Å²) in [6, 6.07) is 17.3. The highest BCUT2D eigenvalue weighted by atomic mass is 16.6. The van der Waals surface area contributed by atoms with Crippen LogP contribution in [0.3, 0.4) is 0 Å². The Balaban J connectivity index is 1.76. The van der Waals surface area contributed by atoms with E-state index in [-0.39, 0.29) is 6.61 Å². The Labute approximate surface area is 141 Å². The SMILES string of the molecule is CCOCCn1c(COC(O)c2ccccc2)nc2ccccc21. The predicted molar refractivity (Wildman–Crippen MR) is 92.4 cm³/mol. The number of aromatic nitrogens is 2. The van der Waals surface area contributed by atoms with Gasteiger partial charge < -0.3 is 19.1 Å². The Bertz CT molecular complexity index is 771. The molecule has 0 fully saturated rings. The van der Waals surface area contributed by atoms with Crippen LogP contribution in [0.15, 0.2) is 54.6 Å². The first kappa shape index (κ1) is 16.6. The summed E-state index contributed by atoms with van der Waals surface area (Å²) in [5.74, 6) is 0.783. The van der Waals surface area contributed by atoms with Crippen LogP contribution in [0.4, 0.5) is 0 Å². The third-order valence-corrected chi connectivity index (χ3v) is 3.85. The second kappa shape index (κ2) is 8.06. The Hall–Kier alpha value is -2.21. The van der Waals surface area contributed by atoms with Crippen LogP contribution in [0.5, 0.6) is 0 Å². The minimum absolute atomic E-state index is 0.233. The van der Waals surface area contributed by atoms with E-state index in [1.165, 1.54) is 0 Å². The number of imidazole rings is 1. The first-order valence-corrected chi connectivity index (χ1v) is 8.16. The van der Waals surface area contributed by atoms with Gasteiger partial charge in [-0.05, 0) is 19.1 Å². The van der Waals surface area contributed by atoms with Gasteiger partial charge >= 0.3 is 0 Å². The zero-order valence-electron chi connectivity index (χ0n) is 13.8. The highest BCUT2D eigenvalue weighted by molar-refractivity contribution is 5.75. The number of para-hydroxylation sites is 2. The summed E-state index contributed by atoms with van der Waals surface area (Å²) in [6.07, 6.45) is -0.966. The van der Waals surface area contributed by atoms with Gasteiger partial charge in [-0.1, -0.05) is 42.5 Å².